The summed E-state index contributed by atoms with van der Waals surface area (Å²) in [6.07, 6.45) is 0.618. The number of carbonyl (C=O) groups excluding carboxylic acids is 2. The largest absolute Gasteiger partial charge is 0.463 e. The Morgan fingerprint density at radius 2 is 2.08 bits per heavy atom. The van der Waals surface area contributed by atoms with Crippen LogP contribution in [0.25, 0.3) is 0 Å². The van der Waals surface area contributed by atoms with Crippen LogP contribution in [0.4, 0.5) is 4.39 Å². The lowest BCUT2D eigenvalue weighted by atomic mass is 10.1. The van der Waals surface area contributed by atoms with Crippen molar-refractivity contribution >= 4 is 11.9 Å². The molecule has 3 N–H and O–H groups in total. The maximum atomic E-state index is 13.5. The van der Waals surface area contributed by atoms with E-state index in [1.165, 1.54) is 6.07 Å². The Kier molecular flexibility index (Phi) is 7.96. The third-order valence-electron chi connectivity index (χ3n) is 4.17. The Balaban J connectivity index is 1.72. The van der Waals surface area contributed by atoms with Crippen LogP contribution in [0.2, 0.25) is 0 Å². The van der Waals surface area contributed by atoms with Gasteiger partial charge < -0.3 is 20.5 Å². The summed E-state index contributed by atoms with van der Waals surface area (Å²) >= 11 is 0. The second-order valence-corrected chi connectivity index (χ2v) is 6.14. The molecule has 2 rings (SSSR count). The third kappa shape index (κ3) is 6.36. The number of nitrogens with zero attached hydrogens (tertiary/aromatic N) is 1. The molecule has 1 atom stereocenters. The predicted molar refractivity (Wildman–Crippen MR) is 94.3 cm³/mol. The molecule has 26 heavy (non-hydrogen) atoms. The number of benzene rings is 1. The monoisotopic (exact) mass is 367 g/mol. The van der Waals surface area contributed by atoms with Crippen molar-refractivity contribution in [2.24, 2.45) is 5.73 Å². The number of hydrogen-bond acceptors (Lipinski definition) is 6. The van der Waals surface area contributed by atoms with Gasteiger partial charge in [0.1, 0.15) is 18.5 Å². The van der Waals surface area contributed by atoms with E-state index in [4.69, 9.17) is 15.2 Å². The van der Waals surface area contributed by atoms with E-state index < -0.39 is 23.7 Å². The number of rotatable bonds is 8. The number of amides is 1. The Labute approximate surface area is 152 Å². The summed E-state index contributed by atoms with van der Waals surface area (Å²) in [5, 5.41) is 2.54. The highest BCUT2D eigenvalue weighted by Crippen LogP contribution is 2.10. The standard InChI is InChI=1S/C18H26FN3O4/c1-2-13-9-14(11-15(19)10-13)17(23)21-12-16(20)18(24)26-8-5-22-3-6-25-7-4-22/h9-11,16H,2-8,12,20H2,1H3,(H,21,23)/t16-/m1/s1. The fourth-order valence-electron chi connectivity index (χ4n) is 2.58. The van der Waals surface area contributed by atoms with Gasteiger partial charge in [-0.3, -0.25) is 14.5 Å². The van der Waals surface area contributed by atoms with Gasteiger partial charge in [-0.25, -0.2) is 4.39 Å². The van der Waals surface area contributed by atoms with E-state index in [1.807, 2.05) is 6.92 Å². The number of halogens is 1. The van der Waals surface area contributed by atoms with Crippen LogP contribution in [0.5, 0.6) is 0 Å². The molecule has 144 valence electrons. The quantitative estimate of drug-likeness (QED) is 0.643. The minimum Gasteiger partial charge on any atom is -0.463 e. The first-order chi connectivity index (χ1) is 12.5. The van der Waals surface area contributed by atoms with Gasteiger partial charge in [-0.1, -0.05) is 6.92 Å². The first-order valence-electron chi connectivity index (χ1n) is 8.79. The number of ether oxygens (including phenoxy) is 2. The van der Waals surface area contributed by atoms with E-state index in [1.54, 1.807) is 6.07 Å². The van der Waals surface area contributed by atoms with Crippen molar-refractivity contribution in [1.82, 2.24) is 10.2 Å². The summed E-state index contributed by atoms with van der Waals surface area (Å²) in [7, 11) is 0. The van der Waals surface area contributed by atoms with Crippen molar-refractivity contribution in [1.29, 1.82) is 0 Å². The lowest BCUT2D eigenvalue weighted by molar-refractivity contribution is -0.145. The molecule has 1 saturated heterocycles. The molecule has 0 radical (unpaired) electrons. The van der Waals surface area contributed by atoms with Crippen molar-refractivity contribution in [3.05, 3.63) is 35.1 Å². The molecule has 0 aromatic heterocycles. The maximum absolute atomic E-state index is 13.5. The van der Waals surface area contributed by atoms with Crippen molar-refractivity contribution in [2.75, 3.05) is 46.0 Å². The number of esters is 1. The van der Waals surface area contributed by atoms with Gasteiger partial charge in [0.2, 0.25) is 0 Å². The molecule has 0 bridgehead atoms. The molecule has 0 aliphatic carbocycles. The zero-order valence-electron chi connectivity index (χ0n) is 15.0. The van der Waals surface area contributed by atoms with Gasteiger partial charge >= 0.3 is 5.97 Å². The highest BCUT2D eigenvalue weighted by atomic mass is 19.1. The molecule has 1 aromatic rings. The zero-order valence-corrected chi connectivity index (χ0v) is 15.0. The van der Waals surface area contributed by atoms with Gasteiger partial charge in [-0.2, -0.15) is 0 Å². The van der Waals surface area contributed by atoms with Crippen LogP contribution in [-0.2, 0) is 20.7 Å². The Morgan fingerprint density at radius 3 is 2.77 bits per heavy atom. The fourth-order valence-corrected chi connectivity index (χ4v) is 2.58. The molecule has 0 spiro atoms. The molecule has 1 aliphatic rings. The summed E-state index contributed by atoms with van der Waals surface area (Å²) in [6, 6.07) is 3.18. The Morgan fingerprint density at radius 1 is 1.35 bits per heavy atom. The average molecular weight is 367 g/mol. The Bertz CT molecular complexity index is 620. The number of aryl methyl sites for hydroxylation is 1. The molecule has 0 unspecified atom stereocenters. The minimum absolute atomic E-state index is 0.0762. The number of nitrogens with one attached hydrogen (secondary N) is 1. The van der Waals surface area contributed by atoms with Gasteiger partial charge in [0, 0.05) is 31.7 Å². The summed E-state index contributed by atoms with van der Waals surface area (Å²) in [5.74, 6) is -1.52. The summed E-state index contributed by atoms with van der Waals surface area (Å²) in [4.78, 5) is 26.1. The third-order valence-corrected chi connectivity index (χ3v) is 4.17. The second kappa shape index (κ2) is 10.2. The average Bonchev–Trinajstić information content (AvgIpc) is 2.65. The molecule has 1 heterocycles. The molecule has 1 fully saturated rings. The maximum Gasteiger partial charge on any atom is 0.324 e. The van der Waals surface area contributed by atoms with E-state index in [2.05, 4.69) is 10.2 Å². The molecule has 7 nitrogen and oxygen atoms in total. The van der Waals surface area contributed by atoms with Gasteiger partial charge in [0.05, 0.1) is 13.2 Å². The normalized spacial score (nSPS) is 16.1. The number of morpholine rings is 1. The van der Waals surface area contributed by atoms with E-state index in [0.29, 0.717) is 26.2 Å². The smallest absolute Gasteiger partial charge is 0.324 e. The lowest BCUT2D eigenvalue weighted by Crippen LogP contribution is -2.44. The number of carbonyl (C=O) groups is 2. The molecule has 1 aliphatic heterocycles. The highest BCUT2D eigenvalue weighted by Gasteiger charge is 2.18. The van der Waals surface area contributed by atoms with Crippen molar-refractivity contribution in [3.63, 3.8) is 0 Å². The van der Waals surface area contributed by atoms with E-state index in [-0.39, 0.29) is 18.7 Å². The van der Waals surface area contributed by atoms with Crippen LogP contribution in [0.3, 0.4) is 0 Å². The topological polar surface area (TPSA) is 93.9 Å². The summed E-state index contributed by atoms with van der Waals surface area (Å²) in [5.41, 5.74) is 6.68. The summed E-state index contributed by atoms with van der Waals surface area (Å²) in [6.45, 7) is 5.65. The van der Waals surface area contributed by atoms with E-state index in [0.717, 1.165) is 24.7 Å². The molecule has 8 heteroatoms. The van der Waals surface area contributed by atoms with Crippen LogP contribution in [-0.4, -0.2) is 68.8 Å². The molecular formula is C18H26FN3O4. The number of hydrogen-bond donors (Lipinski definition) is 2. The van der Waals surface area contributed by atoms with Crippen LogP contribution in [0.15, 0.2) is 18.2 Å². The van der Waals surface area contributed by atoms with Crippen LogP contribution < -0.4 is 11.1 Å². The van der Waals surface area contributed by atoms with Gasteiger partial charge in [0.15, 0.2) is 0 Å². The van der Waals surface area contributed by atoms with Crippen molar-refractivity contribution in [3.8, 4) is 0 Å². The molecule has 0 saturated carbocycles. The van der Waals surface area contributed by atoms with E-state index >= 15 is 0 Å². The second-order valence-electron chi connectivity index (χ2n) is 6.14. The lowest BCUT2D eigenvalue weighted by Gasteiger charge is -2.26. The molecule has 1 amide bonds. The van der Waals surface area contributed by atoms with Gasteiger partial charge in [0.25, 0.3) is 5.91 Å². The van der Waals surface area contributed by atoms with Gasteiger partial charge in [-0.15, -0.1) is 0 Å². The zero-order chi connectivity index (χ0) is 18.9. The van der Waals surface area contributed by atoms with Crippen molar-refractivity contribution in [2.45, 2.75) is 19.4 Å². The first-order valence-corrected chi connectivity index (χ1v) is 8.79. The number of nitrogens with two attached hydrogens (primary N) is 1. The van der Waals surface area contributed by atoms with E-state index in [9.17, 15) is 14.0 Å². The van der Waals surface area contributed by atoms with Crippen LogP contribution >= 0.6 is 0 Å². The predicted octanol–water partition coefficient (Wildman–Crippen LogP) is 0.321. The fraction of sp³-hybridized carbons (Fsp3) is 0.556. The SMILES string of the molecule is CCc1cc(F)cc(C(=O)NC[C@@H](N)C(=O)OCCN2CCOCC2)c1. The van der Waals surface area contributed by atoms with Crippen LogP contribution in [0, 0.1) is 5.82 Å². The first kappa shape index (κ1) is 20.3. The minimum atomic E-state index is -0.970. The van der Waals surface area contributed by atoms with Crippen molar-refractivity contribution < 1.29 is 23.5 Å². The van der Waals surface area contributed by atoms with Crippen LogP contribution in [0.1, 0.15) is 22.8 Å². The van der Waals surface area contributed by atoms with Gasteiger partial charge in [-0.05, 0) is 30.2 Å². The molecule has 1 aromatic carbocycles. The highest BCUT2D eigenvalue weighted by molar-refractivity contribution is 5.94. The summed E-state index contributed by atoms with van der Waals surface area (Å²) < 4.78 is 23.9. The Hall–Kier alpha value is -2.03. The molecular weight excluding hydrogens is 341 g/mol.